The number of aryl methyl sites for hydroxylation is 1. The van der Waals surface area contributed by atoms with E-state index in [1.165, 1.54) is 17.2 Å². The van der Waals surface area contributed by atoms with E-state index < -0.39 is 17.9 Å². The van der Waals surface area contributed by atoms with E-state index in [1.54, 1.807) is 30.6 Å². The Labute approximate surface area is 204 Å². The molecular weight excluding hydrogens is 444 g/mol. The van der Waals surface area contributed by atoms with Gasteiger partial charge in [-0.3, -0.25) is 24.3 Å². The van der Waals surface area contributed by atoms with Gasteiger partial charge in [-0.2, -0.15) is 0 Å². The Hall–Kier alpha value is -3.94. The fraction of sp³-hybridized carbons (Fsp3) is 0.333. The molecule has 3 amide bonds. The molecule has 1 aromatic carbocycles. The molecule has 0 spiro atoms. The number of carbonyl (C=O) groups is 3. The third-order valence-electron chi connectivity index (χ3n) is 6.25. The molecule has 2 aromatic heterocycles. The van der Waals surface area contributed by atoms with Crippen molar-refractivity contribution in [1.29, 1.82) is 0 Å². The number of furan rings is 1. The maximum absolute atomic E-state index is 13.7. The lowest BCUT2D eigenvalue weighted by molar-refractivity contribution is -0.126. The number of nitrogens with one attached hydrogen (secondary N) is 2. The first-order chi connectivity index (χ1) is 17.1. The van der Waals surface area contributed by atoms with E-state index in [1.807, 2.05) is 24.3 Å². The standard InChI is InChI=1S/C27H30N4O4/c1-2-19-11-13-20(14-12-19)25(27(34)30-21-7-3-4-8-21)31(22-9-5-15-28-17-22)24(32)18-29-26(33)23-10-6-16-35-23/h5-6,9-17,21,25H,2-4,7-8,18H2,1H3,(H,29,33)(H,30,34)/t25-/m1/s1. The van der Waals surface area contributed by atoms with Crippen LogP contribution in [-0.4, -0.2) is 35.3 Å². The van der Waals surface area contributed by atoms with Crippen LogP contribution in [0.4, 0.5) is 5.69 Å². The lowest BCUT2D eigenvalue weighted by atomic mass is 10.00. The van der Waals surface area contributed by atoms with Crippen LogP contribution in [0.5, 0.6) is 0 Å². The van der Waals surface area contributed by atoms with E-state index in [4.69, 9.17) is 4.42 Å². The molecule has 8 heteroatoms. The zero-order valence-corrected chi connectivity index (χ0v) is 19.8. The minimum Gasteiger partial charge on any atom is -0.459 e. The van der Waals surface area contributed by atoms with E-state index in [0.29, 0.717) is 11.3 Å². The van der Waals surface area contributed by atoms with Crippen LogP contribution in [0.25, 0.3) is 0 Å². The highest BCUT2D eigenvalue weighted by molar-refractivity contribution is 6.04. The molecule has 1 atom stereocenters. The highest BCUT2D eigenvalue weighted by Gasteiger charge is 2.34. The van der Waals surface area contributed by atoms with Crippen molar-refractivity contribution in [3.05, 3.63) is 84.1 Å². The van der Waals surface area contributed by atoms with Crippen molar-refractivity contribution in [2.24, 2.45) is 0 Å². The Morgan fingerprint density at radius 1 is 1.09 bits per heavy atom. The molecule has 0 bridgehead atoms. The number of aromatic nitrogens is 1. The average Bonchev–Trinajstić information content (AvgIpc) is 3.61. The van der Waals surface area contributed by atoms with E-state index in [9.17, 15) is 14.4 Å². The molecular formula is C27H30N4O4. The summed E-state index contributed by atoms with van der Waals surface area (Å²) in [6, 6.07) is 13.4. The Bertz CT molecular complexity index is 1120. The Morgan fingerprint density at radius 2 is 1.86 bits per heavy atom. The van der Waals surface area contributed by atoms with Gasteiger partial charge in [-0.1, -0.05) is 44.0 Å². The van der Waals surface area contributed by atoms with Crippen LogP contribution in [-0.2, 0) is 16.0 Å². The number of pyridine rings is 1. The van der Waals surface area contributed by atoms with E-state index in [2.05, 4.69) is 22.5 Å². The molecule has 0 aliphatic heterocycles. The third kappa shape index (κ3) is 5.95. The van der Waals surface area contributed by atoms with Crippen LogP contribution in [0.1, 0.15) is 60.3 Å². The summed E-state index contributed by atoms with van der Waals surface area (Å²) in [7, 11) is 0. The summed E-state index contributed by atoms with van der Waals surface area (Å²) in [5, 5.41) is 5.74. The van der Waals surface area contributed by atoms with Gasteiger partial charge in [-0.15, -0.1) is 0 Å². The summed E-state index contributed by atoms with van der Waals surface area (Å²) < 4.78 is 5.11. The minimum absolute atomic E-state index is 0.0874. The van der Waals surface area contributed by atoms with E-state index >= 15 is 0 Å². The molecule has 1 aliphatic rings. The molecule has 8 nitrogen and oxygen atoms in total. The number of benzene rings is 1. The first-order valence-electron chi connectivity index (χ1n) is 12.0. The van der Waals surface area contributed by atoms with Crippen molar-refractivity contribution >= 4 is 23.4 Å². The van der Waals surface area contributed by atoms with Crippen LogP contribution in [0.15, 0.2) is 71.6 Å². The van der Waals surface area contributed by atoms with Crippen LogP contribution in [0.2, 0.25) is 0 Å². The smallest absolute Gasteiger partial charge is 0.287 e. The summed E-state index contributed by atoms with van der Waals surface area (Å²) in [6.07, 6.45) is 9.40. The fourth-order valence-electron chi connectivity index (χ4n) is 4.37. The summed E-state index contributed by atoms with van der Waals surface area (Å²) >= 11 is 0. The zero-order valence-electron chi connectivity index (χ0n) is 19.8. The van der Waals surface area contributed by atoms with Gasteiger partial charge >= 0.3 is 0 Å². The molecule has 1 fully saturated rings. The molecule has 4 rings (SSSR count). The van der Waals surface area contributed by atoms with Gasteiger partial charge in [0.25, 0.3) is 5.91 Å². The fourth-order valence-corrected chi connectivity index (χ4v) is 4.37. The number of rotatable bonds is 9. The van der Waals surface area contributed by atoms with Crippen LogP contribution in [0, 0.1) is 0 Å². The van der Waals surface area contributed by atoms with Crippen molar-refractivity contribution in [2.45, 2.75) is 51.1 Å². The van der Waals surface area contributed by atoms with Crippen molar-refractivity contribution in [1.82, 2.24) is 15.6 Å². The molecule has 35 heavy (non-hydrogen) atoms. The Kier molecular flexibility index (Phi) is 7.92. The molecule has 2 heterocycles. The minimum atomic E-state index is -0.918. The van der Waals surface area contributed by atoms with Gasteiger partial charge in [0.1, 0.15) is 6.04 Å². The maximum atomic E-state index is 13.7. The number of anilines is 1. The van der Waals surface area contributed by atoms with Gasteiger partial charge in [0.05, 0.1) is 24.7 Å². The molecule has 182 valence electrons. The molecule has 0 unspecified atom stereocenters. The van der Waals surface area contributed by atoms with Gasteiger partial charge in [0, 0.05) is 12.2 Å². The molecule has 1 saturated carbocycles. The Balaban J connectivity index is 1.66. The van der Waals surface area contributed by atoms with Gasteiger partial charge in [-0.05, 0) is 54.7 Å². The third-order valence-corrected chi connectivity index (χ3v) is 6.25. The van der Waals surface area contributed by atoms with Gasteiger partial charge < -0.3 is 15.1 Å². The molecule has 0 radical (unpaired) electrons. The molecule has 0 saturated heterocycles. The normalized spacial score (nSPS) is 14.3. The highest BCUT2D eigenvalue weighted by atomic mass is 16.3. The summed E-state index contributed by atoms with van der Waals surface area (Å²) in [4.78, 5) is 45.2. The zero-order chi connectivity index (χ0) is 24.6. The predicted octanol–water partition coefficient (Wildman–Crippen LogP) is 3.80. The van der Waals surface area contributed by atoms with Crippen molar-refractivity contribution in [3.63, 3.8) is 0 Å². The van der Waals surface area contributed by atoms with Crippen LogP contribution in [0.3, 0.4) is 0 Å². The van der Waals surface area contributed by atoms with E-state index in [0.717, 1.165) is 37.7 Å². The Morgan fingerprint density at radius 3 is 2.49 bits per heavy atom. The van der Waals surface area contributed by atoms with Gasteiger partial charge in [0.2, 0.25) is 11.8 Å². The average molecular weight is 475 g/mol. The largest absolute Gasteiger partial charge is 0.459 e. The van der Waals surface area contributed by atoms with Crippen LogP contribution < -0.4 is 15.5 Å². The first kappa shape index (κ1) is 24.2. The summed E-state index contributed by atoms with van der Waals surface area (Å²) in [5.74, 6) is -1.09. The first-order valence-corrected chi connectivity index (χ1v) is 12.0. The van der Waals surface area contributed by atoms with Crippen molar-refractivity contribution < 1.29 is 18.8 Å². The van der Waals surface area contributed by atoms with Gasteiger partial charge in [-0.25, -0.2) is 0 Å². The second-order valence-electron chi connectivity index (χ2n) is 8.62. The quantitative estimate of drug-likeness (QED) is 0.491. The SMILES string of the molecule is CCc1ccc([C@H](C(=O)NC2CCCC2)N(C(=O)CNC(=O)c2ccco2)c2cccnc2)cc1. The summed E-state index contributed by atoms with van der Waals surface area (Å²) in [6.45, 7) is 1.75. The van der Waals surface area contributed by atoms with E-state index in [-0.39, 0.29) is 24.3 Å². The molecule has 2 N–H and O–H groups in total. The number of hydrogen-bond acceptors (Lipinski definition) is 5. The second kappa shape index (κ2) is 11.5. The molecule has 3 aromatic rings. The summed E-state index contributed by atoms with van der Waals surface area (Å²) in [5.41, 5.74) is 2.29. The maximum Gasteiger partial charge on any atom is 0.287 e. The number of hydrogen-bond donors (Lipinski definition) is 2. The number of nitrogens with zero attached hydrogens (tertiary/aromatic N) is 2. The van der Waals surface area contributed by atoms with Crippen molar-refractivity contribution in [2.75, 3.05) is 11.4 Å². The molecule has 1 aliphatic carbocycles. The highest BCUT2D eigenvalue weighted by Crippen LogP contribution is 2.29. The lowest BCUT2D eigenvalue weighted by Gasteiger charge is -2.32. The van der Waals surface area contributed by atoms with Crippen LogP contribution >= 0.6 is 0 Å². The number of amides is 3. The second-order valence-corrected chi connectivity index (χ2v) is 8.62. The monoisotopic (exact) mass is 474 g/mol. The predicted molar refractivity (Wildman–Crippen MR) is 132 cm³/mol. The van der Waals surface area contributed by atoms with Gasteiger partial charge in [0.15, 0.2) is 5.76 Å². The lowest BCUT2D eigenvalue weighted by Crippen LogP contribution is -2.49. The number of carbonyl (C=O) groups excluding carboxylic acids is 3. The topological polar surface area (TPSA) is 105 Å². The van der Waals surface area contributed by atoms with Crippen molar-refractivity contribution in [3.8, 4) is 0 Å².